The average molecular weight is 1340 g/mol. The smallest absolute Gasteiger partial charge is 0.164 e. The molecule has 0 aromatic heterocycles. The quantitative estimate of drug-likeness (QED) is 0.0877. The zero-order chi connectivity index (χ0) is 58.1. The van der Waals surface area contributed by atoms with Gasteiger partial charge in [0.25, 0.3) is 0 Å². The van der Waals surface area contributed by atoms with Crippen LogP contribution in [-0.4, -0.2) is 46.5 Å². The number of halogens is 2. The van der Waals surface area contributed by atoms with Crippen molar-refractivity contribution < 1.29 is 0 Å². The highest BCUT2D eigenvalue weighted by atomic mass is 79.9. The van der Waals surface area contributed by atoms with Crippen molar-refractivity contribution >= 4 is 74.5 Å². The second-order valence-corrected chi connectivity index (χ2v) is 45.6. The van der Waals surface area contributed by atoms with E-state index < -0.39 is 0 Å². The topological polar surface area (TPSA) is 50.4 Å². The number of alkyl halides is 2. The molecule has 0 amide bonds. The lowest BCUT2D eigenvalue weighted by Crippen LogP contribution is -2.68. The molecule has 0 aliphatic heterocycles. The van der Waals surface area contributed by atoms with Crippen LogP contribution in [0.1, 0.15) is 251 Å². The number of hydrogen-bond acceptors (Lipinski definition) is 3. The number of rotatable bonds is 7. The predicted molar refractivity (Wildman–Crippen MR) is 368 cm³/mol. The zero-order valence-electron chi connectivity index (χ0n) is 53.1. The minimum atomic E-state index is 0.260. The first-order valence-corrected chi connectivity index (χ1v) is 41.6. The van der Waals surface area contributed by atoms with Crippen LogP contribution in [0.15, 0.2) is 4.99 Å². The van der Waals surface area contributed by atoms with Crippen LogP contribution in [0.5, 0.6) is 0 Å². The van der Waals surface area contributed by atoms with Gasteiger partial charge in [0.15, 0.2) is 5.11 Å². The molecule has 32 bridgehead atoms. The summed E-state index contributed by atoms with van der Waals surface area (Å²) in [5.74, 6) is 31.4. The molecule has 0 radical (unpaired) electrons. The SMILES string of the molecule is BrC12CC3C4CC5(Br)CC3C(C1)C(C5)C4C2.C#CC12CC3C4CC5(C#C)CC3C(C1)C(C5)C4C2.CCCCP(C12CC3CC(CC(C3)C1)C2)C12CC3CC(CC(C3)C1)C2.NC(=S)NC12CC3CC(CC(C3)C1)C2.S=C=NC12CC3CC(CC(C3)C1)C2. The van der Waals surface area contributed by atoms with E-state index in [9.17, 15) is 0 Å². The Morgan fingerprint density at radius 1 is 0.442 bits per heavy atom. The fourth-order valence-electron chi connectivity index (χ4n) is 32.9. The number of terminal acetylenes is 2. The largest absolute Gasteiger partial charge is 0.376 e. The maximum Gasteiger partial charge on any atom is 0.164 e. The highest BCUT2D eigenvalue weighted by Crippen LogP contribution is 2.81. The molecule has 0 atom stereocenters. The van der Waals surface area contributed by atoms with Crippen LogP contribution in [0.25, 0.3) is 0 Å². The van der Waals surface area contributed by atoms with Gasteiger partial charge in [-0.25, -0.2) is 4.99 Å². The molecule has 0 aromatic rings. The number of isothiocyanates is 1. The molecule has 30 saturated carbocycles. The fraction of sp³-hybridized carbons (Fsp3) is 0.923. The number of aliphatic imine (C=N–C) groups is 1. The van der Waals surface area contributed by atoms with Gasteiger partial charge in [0.1, 0.15) is 0 Å². The first-order valence-electron chi connectivity index (χ1n) is 37.7. The van der Waals surface area contributed by atoms with Crippen LogP contribution in [0, 0.1) is 178 Å². The third kappa shape index (κ3) is 9.49. The van der Waals surface area contributed by atoms with E-state index in [4.69, 9.17) is 43.0 Å². The molecule has 0 spiro atoms. The van der Waals surface area contributed by atoms with Gasteiger partial charge in [0.05, 0.1) is 10.7 Å². The molecule has 0 saturated heterocycles. The summed E-state index contributed by atoms with van der Waals surface area (Å²) in [6.45, 7) is 2.45. The highest BCUT2D eigenvalue weighted by molar-refractivity contribution is 9.10. The summed E-state index contributed by atoms with van der Waals surface area (Å²) < 4.78 is 1.17. The standard InChI is InChI=1S/C24H39P.C18H20.C14H18Br2.C11H18N2S.C11H15NS/c1-2-3-4-25(23-11-17-5-18(12-23)7-19(6-17)13-23)24-14-20-8-21(15-24)10-22(9-20)16-24;1-3-17-5-11-14-8-18(4-2)9-15(11)13(7-17)16(10-18)12(14)6-17;15-13-1-7-8-4-14(16)5-9(7)11(3-13)12(6-14)10(8)2-13;12-10(14)13-11-4-7-1-8(5-11)3-9(2-7)6-11;13-7-12-11-4-8-1-9(5-11)3-10(2-8)6-11/h17-22H,2-16H2,1H3;1-2,11-16H,5-10H2;7-12H,1-6H2;7-9H,1-6H2,(H3,12,13,14);8-10H,1-6H2. The summed E-state index contributed by atoms with van der Waals surface area (Å²) in [5, 5.41) is 8.30. The lowest BCUT2D eigenvalue weighted by molar-refractivity contribution is -0.233. The van der Waals surface area contributed by atoms with E-state index in [0.717, 1.165) is 152 Å². The summed E-state index contributed by atoms with van der Waals surface area (Å²) in [6.07, 6.45) is 70.2. The first-order chi connectivity index (χ1) is 41.4. The number of hydrogen-bond donors (Lipinski definition) is 2. The first kappa shape index (κ1) is 58.6. The van der Waals surface area contributed by atoms with Gasteiger partial charge in [0, 0.05) is 25.0 Å². The second kappa shape index (κ2) is 20.8. The monoisotopic (exact) mass is 1340 g/mol. The minimum absolute atomic E-state index is 0.260. The lowest BCUT2D eigenvalue weighted by Gasteiger charge is -2.73. The molecule has 0 aromatic carbocycles. The highest BCUT2D eigenvalue weighted by Gasteiger charge is 2.72. The van der Waals surface area contributed by atoms with Crippen molar-refractivity contribution in [3.8, 4) is 24.7 Å². The van der Waals surface area contributed by atoms with Gasteiger partial charge < -0.3 is 11.1 Å². The normalized spacial score (nSPS) is 59.8. The summed E-state index contributed by atoms with van der Waals surface area (Å²) in [7, 11) is 0.285. The zero-order valence-corrected chi connectivity index (χ0v) is 58.8. The van der Waals surface area contributed by atoms with E-state index in [2.05, 4.69) is 66.1 Å². The number of thiocarbonyl (C=S) groups is 2. The summed E-state index contributed by atoms with van der Waals surface area (Å²) in [6, 6.07) is 0. The van der Waals surface area contributed by atoms with Crippen LogP contribution in [-0.2, 0) is 0 Å². The molecular formula is C78H110Br2N3PS2. The Hall–Kier alpha value is 0.0000000000000000278. The van der Waals surface area contributed by atoms with Crippen molar-refractivity contribution in [1.82, 2.24) is 5.32 Å². The summed E-state index contributed by atoms with van der Waals surface area (Å²) in [4.78, 5) is 4.48. The Morgan fingerprint density at radius 3 is 0.942 bits per heavy atom. The van der Waals surface area contributed by atoms with Crippen LogP contribution in [0.4, 0.5) is 0 Å². The molecule has 30 fully saturated rings. The molecule has 3 N–H and O–H groups in total. The number of unbranched alkanes of at least 4 members (excludes halogenated alkanes) is 1. The molecular weight excluding hydrogens is 1230 g/mol. The van der Waals surface area contributed by atoms with E-state index in [1.807, 2.05) is 0 Å². The van der Waals surface area contributed by atoms with E-state index in [1.165, 1.54) is 161 Å². The van der Waals surface area contributed by atoms with Crippen molar-refractivity contribution in [1.29, 1.82) is 0 Å². The van der Waals surface area contributed by atoms with E-state index in [1.54, 1.807) is 89.6 Å². The molecule has 8 heteroatoms. The van der Waals surface area contributed by atoms with Gasteiger partial charge in [-0.05, 0) is 421 Å². The van der Waals surface area contributed by atoms with Crippen LogP contribution in [0.2, 0.25) is 0 Å². The third-order valence-corrected chi connectivity index (χ3v) is 39.5. The molecule has 468 valence electrons. The van der Waals surface area contributed by atoms with Crippen molar-refractivity contribution in [3.05, 3.63) is 0 Å². The summed E-state index contributed by atoms with van der Waals surface area (Å²) >= 11 is 18.0. The minimum Gasteiger partial charge on any atom is -0.376 e. The van der Waals surface area contributed by atoms with Crippen LogP contribution in [0.3, 0.4) is 0 Å². The van der Waals surface area contributed by atoms with Gasteiger partial charge in [-0.3, -0.25) is 0 Å². The third-order valence-electron chi connectivity index (χ3n) is 33.2. The molecule has 0 heterocycles. The number of nitrogens with two attached hydrogens (primary N) is 1. The summed E-state index contributed by atoms with van der Waals surface area (Å²) in [5.41, 5.74) is 6.81. The van der Waals surface area contributed by atoms with Crippen LogP contribution >= 0.6 is 64.2 Å². The molecule has 30 aliphatic rings. The second-order valence-electron chi connectivity index (χ2n) is 38.4. The molecule has 86 heavy (non-hydrogen) atoms. The maximum absolute atomic E-state index is 5.91. The van der Waals surface area contributed by atoms with Crippen molar-refractivity contribution in [2.24, 2.45) is 164 Å². The van der Waals surface area contributed by atoms with Gasteiger partial charge in [0.2, 0.25) is 0 Å². The molecule has 30 rings (SSSR count). The van der Waals surface area contributed by atoms with E-state index >= 15 is 0 Å². The molecule has 3 nitrogen and oxygen atoms in total. The Morgan fingerprint density at radius 2 is 0.698 bits per heavy atom. The van der Waals surface area contributed by atoms with E-state index in [-0.39, 0.29) is 13.5 Å². The van der Waals surface area contributed by atoms with Crippen molar-refractivity contribution in [3.63, 3.8) is 0 Å². The van der Waals surface area contributed by atoms with Gasteiger partial charge in [-0.2, -0.15) is 0 Å². The van der Waals surface area contributed by atoms with Gasteiger partial charge in [-0.1, -0.05) is 65.0 Å². The lowest BCUT2D eigenvalue weighted by atomic mass is 9.31. The fourth-order valence-corrected chi connectivity index (χ4v) is 41.1. The Bertz CT molecular complexity index is 2460. The van der Waals surface area contributed by atoms with E-state index in [0.29, 0.717) is 30.1 Å². The van der Waals surface area contributed by atoms with Gasteiger partial charge >= 0.3 is 0 Å². The Kier molecular flexibility index (Phi) is 14.1. The average Bonchev–Trinajstić information content (AvgIpc) is 0.726. The number of nitrogens with zero attached hydrogens (tertiary/aromatic N) is 1. The Balaban J connectivity index is 0.0000000829. The van der Waals surface area contributed by atoms with Crippen LogP contribution < -0.4 is 11.1 Å². The van der Waals surface area contributed by atoms with Crippen molar-refractivity contribution in [2.75, 3.05) is 6.16 Å². The number of nitrogens with one attached hydrogen (secondary N) is 1. The molecule has 30 aliphatic carbocycles. The van der Waals surface area contributed by atoms with Gasteiger partial charge in [-0.15, -0.1) is 12.8 Å². The maximum atomic E-state index is 5.91. The van der Waals surface area contributed by atoms with Crippen molar-refractivity contribution in [2.45, 2.75) is 281 Å². The Labute approximate surface area is 550 Å². The predicted octanol–water partition coefficient (Wildman–Crippen LogP) is 19.7. The molecule has 0 unspecified atom stereocenters.